The number of aromatic amines is 1. The molecule has 1 aliphatic carbocycles. The van der Waals surface area contributed by atoms with Gasteiger partial charge in [0.1, 0.15) is 5.02 Å². The second kappa shape index (κ2) is 5.14. The van der Waals surface area contributed by atoms with Crippen LogP contribution < -0.4 is 10.3 Å². The highest BCUT2D eigenvalue weighted by Crippen LogP contribution is 2.39. The topological polar surface area (TPSA) is 88.3 Å². The maximum Gasteiger partial charge on any atom is 0.266 e. The molecule has 0 radical (unpaired) electrons. The highest BCUT2D eigenvalue weighted by atomic mass is 35.5. The zero-order valence-corrected chi connectivity index (χ0v) is 12.2. The fourth-order valence-corrected chi connectivity index (χ4v) is 4.00. The van der Waals surface area contributed by atoms with E-state index < -0.39 is 15.6 Å². The summed E-state index contributed by atoms with van der Waals surface area (Å²) in [6, 6.07) is 0.947. The van der Waals surface area contributed by atoms with Gasteiger partial charge in [-0.15, -0.1) is 0 Å². The molecule has 0 spiro atoms. The van der Waals surface area contributed by atoms with Crippen molar-refractivity contribution >= 4 is 21.6 Å². The van der Waals surface area contributed by atoms with Crippen LogP contribution in [0.1, 0.15) is 19.3 Å². The Morgan fingerprint density at radius 3 is 2.75 bits per heavy atom. The molecule has 20 heavy (non-hydrogen) atoms. The summed E-state index contributed by atoms with van der Waals surface area (Å²) in [5.41, 5.74) is -0.509. The van der Waals surface area contributed by atoms with Gasteiger partial charge in [-0.3, -0.25) is 4.79 Å². The summed E-state index contributed by atoms with van der Waals surface area (Å²) in [5.74, 6) is 0.462. The molecule has 110 valence electrons. The molecular weight excluding hydrogens is 304 g/mol. The molecule has 1 aliphatic heterocycles. The minimum absolute atomic E-state index is 0.0384. The summed E-state index contributed by atoms with van der Waals surface area (Å²) >= 11 is 5.66. The van der Waals surface area contributed by atoms with E-state index in [0.29, 0.717) is 18.9 Å². The predicted molar refractivity (Wildman–Crippen MR) is 73.3 cm³/mol. The lowest BCUT2D eigenvalue weighted by molar-refractivity contribution is 0.0848. The van der Waals surface area contributed by atoms with Crippen LogP contribution in [0.3, 0.4) is 0 Å². The van der Waals surface area contributed by atoms with Crippen molar-refractivity contribution in [2.45, 2.75) is 36.3 Å². The molecule has 2 atom stereocenters. The maximum absolute atomic E-state index is 12.3. The van der Waals surface area contributed by atoms with E-state index in [9.17, 15) is 13.2 Å². The zero-order valence-electron chi connectivity index (χ0n) is 10.6. The molecule has 2 N–H and O–H groups in total. The van der Waals surface area contributed by atoms with Crippen LogP contribution in [0.2, 0.25) is 5.02 Å². The first-order valence-corrected chi connectivity index (χ1v) is 8.35. The fraction of sp³-hybridized carbons (Fsp3) is 0.583. The van der Waals surface area contributed by atoms with Crippen LogP contribution in [-0.4, -0.2) is 32.2 Å². The second-order valence-corrected chi connectivity index (χ2v) is 7.32. The van der Waals surface area contributed by atoms with Crippen LogP contribution in [0.15, 0.2) is 22.0 Å². The summed E-state index contributed by atoms with van der Waals surface area (Å²) in [5, 5.41) is -0.144. The molecule has 2 fully saturated rings. The van der Waals surface area contributed by atoms with Crippen LogP contribution in [-0.2, 0) is 14.8 Å². The van der Waals surface area contributed by atoms with E-state index >= 15 is 0 Å². The molecule has 0 amide bonds. The largest absolute Gasteiger partial charge is 0.376 e. The van der Waals surface area contributed by atoms with E-state index in [2.05, 4.69) is 9.71 Å². The number of nitrogens with one attached hydrogen (secondary N) is 2. The van der Waals surface area contributed by atoms with E-state index in [1.165, 1.54) is 0 Å². The number of ether oxygens (including phenoxy) is 1. The van der Waals surface area contributed by atoms with Crippen molar-refractivity contribution in [3.05, 3.63) is 27.6 Å². The van der Waals surface area contributed by atoms with Crippen molar-refractivity contribution in [2.75, 3.05) is 6.61 Å². The van der Waals surface area contributed by atoms with Gasteiger partial charge in [0, 0.05) is 12.8 Å². The first-order valence-electron chi connectivity index (χ1n) is 6.49. The molecule has 8 heteroatoms. The Morgan fingerprint density at radius 1 is 1.35 bits per heavy atom. The van der Waals surface area contributed by atoms with Gasteiger partial charge in [-0.25, -0.2) is 13.1 Å². The van der Waals surface area contributed by atoms with Gasteiger partial charge >= 0.3 is 0 Å². The first-order chi connectivity index (χ1) is 9.47. The number of rotatable bonds is 4. The van der Waals surface area contributed by atoms with Crippen LogP contribution in [0, 0.1) is 5.92 Å². The van der Waals surface area contributed by atoms with Crippen molar-refractivity contribution in [1.29, 1.82) is 0 Å². The van der Waals surface area contributed by atoms with Crippen LogP contribution in [0.25, 0.3) is 0 Å². The van der Waals surface area contributed by atoms with E-state index in [1.54, 1.807) is 0 Å². The quantitative estimate of drug-likeness (QED) is 0.862. The lowest BCUT2D eigenvalue weighted by Crippen LogP contribution is -2.41. The zero-order chi connectivity index (χ0) is 14.3. The van der Waals surface area contributed by atoms with E-state index in [-0.39, 0.29) is 22.1 Å². The standard InChI is InChI=1S/C12H15ClN2O4S/c13-9-5-8(6-14-12(9)16)20(17,18)15-10-3-4-19-11(10)7-1-2-7/h5-7,10-11,15H,1-4H2,(H,14,16). The number of sulfonamides is 1. The predicted octanol–water partition coefficient (Wildman–Crippen LogP) is 0.874. The lowest BCUT2D eigenvalue weighted by atomic mass is 10.1. The Balaban J connectivity index is 1.81. The number of hydrogen-bond acceptors (Lipinski definition) is 4. The molecule has 2 heterocycles. The molecule has 1 saturated heterocycles. The molecule has 0 bridgehead atoms. The number of halogens is 1. The number of H-pyrrole nitrogens is 1. The molecule has 1 aromatic heterocycles. The normalized spacial score (nSPS) is 26.9. The molecule has 2 aliphatic rings. The van der Waals surface area contributed by atoms with Crippen LogP contribution in [0.4, 0.5) is 0 Å². The monoisotopic (exact) mass is 318 g/mol. The Morgan fingerprint density at radius 2 is 2.10 bits per heavy atom. The van der Waals surface area contributed by atoms with Crippen molar-refractivity contribution in [3.63, 3.8) is 0 Å². The third kappa shape index (κ3) is 2.76. The Hall–Kier alpha value is -0.890. The maximum atomic E-state index is 12.3. The first kappa shape index (κ1) is 14.1. The summed E-state index contributed by atoms with van der Waals surface area (Å²) < 4.78 is 32.8. The highest BCUT2D eigenvalue weighted by molar-refractivity contribution is 7.89. The summed E-state index contributed by atoms with van der Waals surface area (Å²) in [7, 11) is -3.71. The van der Waals surface area contributed by atoms with Gasteiger partial charge in [0.2, 0.25) is 10.0 Å². The Labute approximate surface area is 121 Å². The van der Waals surface area contributed by atoms with Gasteiger partial charge in [-0.05, 0) is 31.2 Å². The molecule has 0 aromatic carbocycles. The minimum Gasteiger partial charge on any atom is -0.376 e. The highest BCUT2D eigenvalue weighted by Gasteiger charge is 2.42. The van der Waals surface area contributed by atoms with E-state index in [0.717, 1.165) is 25.1 Å². The molecule has 1 saturated carbocycles. The average Bonchev–Trinajstić information content (AvgIpc) is 3.14. The minimum atomic E-state index is -3.71. The van der Waals surface area contributed by atoms with Crippen LogP contribution >= 0.6 is 11.6 Å². The van der Waals surface area contributed by atoms with E-state index in [4.69, 9.17) is 16.3 Å². The molecule has 6 nitrogen and oxygen atoms in total. The third-order valence-electron chi connectivity index (χ3n) is 3.67. The van der Waals surface area contributed by atoms with Crippen molar-refractivity contribution < 1.29 is 13.2 Å². The lowest BCUT2D eigenvalue weighted by Gasteiger charge is -2.19. The number of pyridine rings is 1. The van der Waals surface area contributed by atoms with Gasteiger partial charge in [0.25, 0.3) is 5.56 Å². The van der Waals surface area contributed by atoms with Crippen molar-refractivity contribution in [2.24, 2.45) is 5.92 Å². The number of hydrogen-bond donors (Lipinski definition) is 2. The Kier molecular flexibility index (Phi) is 3.62. The van der Waals surface area contributed by atoms with Gasteiger partial charge in [0.15, 0.2) is 0 Å². The molecule has 3 rings (SSSR count). The van der Waals surface area contributed by atoms with E-state index in [1.807, 2.05) is 0 Å². The van der Waals surface area contributed by atoms with Crippen molar-refractivity contribution in [1.82, 2.24) is 9.71 Å². The van der Waals surface area contributed by atoms with Crippen molar-refractivity contribution in [3.8, 4) is 0 Å². The van der Waals surface area contributed by atoms with Gasteiger partial charge < -0.3 is 9.72 Å². The summed E-state index contributed by atoms with van der Waals surface area (Å²) in [6.07, 6.45) is 3.96. The van der Waals surface area contributed by atoms with Gasteiger partial charge in [0.05, 0.1) is 17.0 Å². The third-order valence-corrected chi connectivity index (χ3v) is 5.42. The summed E-state index contributed by atoms with van der Waals surface area (Å²) in [4.78, 5) is 13.4. The molecule has 1 aromatic rings. The Bertz CT molecular complexity index is 668. The fourth-order valence-electron chi connectivity index (χ4n) is 2.49. The van der Waals surface area contributed by atoms with Gasteiger partial charge in [-0.1, -0.05) is 11.6 Å². The smallest absolute Gasteiger partial charge is 0.266 e. The SMILES string of the molecule is O=c1[nH]cc(S(=O)(=O)NC2CCOC2C2CC2)cc1Cl. The molecular formula is C12H15ClN2O4S. The number of aromatic nitrogens is 1. The average molecular weight is 319 g/mol. The van der Waals surface area contributed by atoms with Gasteiger partial charge in [-0.2, -0.15) is 0 Å². The summed E-state index contributed by atoms with van der Waals surface area (Å²) in [6.45, 7) is 0.570. The second-order valence-electron chi connectivity index (χ2n) is 5.20. The van der Waals surface area contributed by atoms with Crippen LogP contribution in [0.5, 0.6) is 0 Å². The molecule has 2 unspecified atom stereocenters.